The normalized spacial score (nSPS) is 13.7. The number of aliphatic hydroxyl groups excluding tert-OH is 1. The molecular weight excluding hydrogens is 392 g/mol. The molecule has 1 N–H and O–H groups in total. The largest absolute Gasteiger partial charge is 0.509 e. The van der Waals surface area contributed by atoms with E-state index in [2.05, 4.69) is 0 Å². The molecule has 0 amide bonds. The Hall–Kier alpha value is -3.44. The standard InChI is InChI=1S/C26H26O5/c1-28-21-13-14-22(24(17-21)29-2)26(19-9-5-3-6-10-19,20-11-7-4-8-12-20)31-18-25-23(27)15-16-30-25/h3-14,17,27H,15-16,18H2,1-2H3. The lowest BCUT2D eigenvalue weighted by atomic mass is 9.79. The maximum absolute atomic E-state index is 10.2. The average molecular weight is 418 g/mol. The molecule has 0 unspecified atom stereocenters. The minimum Gasteiger partial charge on any atom is -0.509 e. The highest BCUT2D eigenvalue weighted by Gasteiger charge is 2.41. The van der Waals surface area contributed by atoms with E-state index >= 15 is 0 Å². The zero-order chi connectivity index (χ0) is 21.7. The number of hydrogen-bond donors (Lipinski definition) is 1. The van der Waals surface area contributed by atoms with Crippen molar-refractivity contribution in [2.24, 2.45) is 0 Å². The van der Waals surface area contributed by atoms with Crippen molar-refractivity contribution in [1.82, 2.24) is 0 Å². The third-order valence-corrected chi connectivity index (χ3v) is 5.51. The van der Waals surface area contributed by atoms with E-state index < -0.39 is 5.60 Å². The molecule has 1 aliphatic rings. The van der Waals surface area contributed by atoms with E-state index in [1.54, 1.807) is 14.2 Å². The molecule has 0 radical (unpaired) electrons. The van der Waals surface area contributed by atoms with Gasteiger partial charge in [-0.15, -0.1) is 0 Å². The summed E-state index contributed by atoms with van der Waals surface area (Å²) in [6, 6.07) is 25.7. The summed E-state index contributed by atoms with van der Waals surface area (Å²) in [4.78, 5) is 0. The summed E-state index contributed by atoms with van der Waals surface area (Å²) in [6.45, 7) is 0.574. The predicted molar refractivity (Wildman–Crippen MR) is 118 cm³/mol. The minimum absolute atomic E-state index is 0.116. The first-order chi connectivity index (χ1) is 15.2. The molecule has 0 spiro atoms. The minimum atomic E-state index is -1.00. The topological polar surface area (TPSA) is 57.2 Å². The number of benzene rings is 3. The summed E-state index contributed by atoms with van der Waals surface area (Å²) >= 11 is 0. The molecule has 5 nitrogen and oxygen atoms in total. The Balaban J connectivity index is 1.95. The zero-order valence-electron chi connectivity index (χ0n) is 17.7. The number of hydrogen-bond acceptors (Lipinski definition) is 5. The summed E-state index contributed by atoms with van der Waals surface area (Å²) in [5.41, 5.74) is 1.69. The maximum atomic E-state index is 10.2. The molecule has 4 rings (SSSR count). The van der Waals surface area contributed by atoms with Crippen molar-refractivity contribution in [3.05, 3.63) is 107 Å². The molecule has 0 aromatic heterocycles. The van der Waals surface area contributed by atoms with Gasteiger partial charge in [0.2, 0.25) is 0 Å². The third kappa shape index (κ3) is 3.97. The van der Waals surface area contributed by atoms with Gasteiger partial charge in [0.25, 0.3) is 0 Å². The van der Waals surface area contributed by atoms with Crippen LogP contribution in [-0.2, 0) is 15.1 Å². The van der Waals surface area contributed by atoms with Crippen molar-refractivity contribution in [1.29, 1.82) is 0 Å². The summed E-state index contributed by atoms with van der Waals surface area (Å²) in [5, 5.41) is 10.2. The molecule has 1 heterocycles. The van der Waals surface area contributed by atoms with Gasteiger partial charge in [0.1, 0.15) is 29.5 Å². The van der Waals surface area contributed by atoms with Crippen LogP contribution in [0.5, 0.6) is 11.5 Å². The van der Waals surface area contributed by atoms with Crippen LogP contribution >= 0.6 is 0 Å². The summed E-state index contributed by atoms with van der Waals surface area (Å²) in [5.74, 6) is 2.02. The van der Waals surface area contributed by atoms with Crippen molar-refractivity contribution in [2.75, 3.05) is 27.4 Å². The lowest BCUT2D eigenvalue weighted by Gasteiger charge is -2.36. The molecule has 0 fully saturated rings. The quantitative estimate of drug-likeness (QED) is 0.510. The molecule has 1 aliphatic heterocycles. The summed E-state index contributed by atoms with van der Waals surface area (Å²) < 4.78 is 23.5. The van der Waals surface area contributed by atoms with Crippen LogP contribution in [0, 0.1) is 0 Å². The smallest absolute Gasteiger partial charge is 0.159 e. The number of ether oxygens (including phenoxy) is 4. The predicted octanol–water partition coefficient (Wildman–Crippen LogP) is 5.20. The lowest BCUT2D eigenvalue weighted by molar-refractivity contribution is 0.00516. The first-order valence-corrected chi connectivity index (χ1v) is 10.2. The fourth-order valence-electron chi connectivity index (χ4n) is 3.95. The monoisotopic (exact) mass is 418 g/mol. The maximum Gasteiger partial charge on any atom is 0.159 e. The molecule has 0 aliphatic carbocycles. The summed E-state index contributed by atoms with van der Waals surface area (Å²) in [6.07, 6.45) is 0.494. The van der Waals surface area contributed by atoms with Crippen LogP contribution in [0.3, 0.4) is 0 Å². The Morgan fingerprint density at radius 2 is 1.52 bits per heavy atom. The highest BCUT2D eigenvalue weighted by atomic mass is 16.5. The molecule has 3 aromatic carbocycles. The van der Waals surface area contributed by atoms with Crippen LogP contribution in [0.4, 0.5) is 0 Å². The molecule has 0 saturated heterocycles. The summed E-state index contributed by atoms with van der Waals surface area (Å²) in [7, 11) is 3.26. The van der Waals surface area contributed by atoms with E-state index in [0.717, 1.165) is 16.7 Å². The van der Waals surface area contributed by atoms with E-state index in [0.29, 0.717) is 30.3 Å². The van der Waals surface area contributed by atoms with Gasteiger partial charge in [0.05, 0.1) is 20.8 Å². The molecule has 160 valence electrons. The number of aliphatic hydroxyl groups is 1. The van der Waals surface area contributed by atoms with E-state index in [9.17, 15) is 5.11 Å². The molecule has 0 atom stereocenters. The Morgan fingerprint density at radius 3 is 2.03 bits per heavy atom. The lowest BCUT2D eigenvalue weighted by Crippen LogP contribution is -2.34. The van der Waals surface area contributed by atoms with Gasteiger partial charge in [0.15, 0.2) is 5.76 Å². The van der Waals surface area contributed by atoms with Crippen molar-refractivity contribution < 1.29 is 24.1 Å². The van der Waals surface area contributed by atoms with E-state index in [4.69, 9.17) is 18.9 Å². The van der Waals surface area contributed by atoms with Crippen molar-refractivity contribution in [3.8, 4) is 11.5 Å². The van der Waals surface area contributed by atoms with Crippen LogP contribution in [0.1, 0.15) is 23.1 Å². The van der Waals surface area contributed by atoms with Gasteiger partial charge in [-0.2, -0.15) is 0 Å². The zero-order valence-corrected chi connectivity index (χ0v) is 17.7. The Kier molecular flexibility index (Phi) is 6.14. The first kappa shape index (κ1) is 20.8. The Labute approximate surface area is 182 Å². The van der Waals surface area contributed by atoms with Crippen LogP contribution in [0.15, 0.2) is 90.4 Å². The van der Waals surface area contributed by atoms with Crippen molar-refractivity contribution in [2.45, 2.75) is 12.0 Å². The van der Waals surface area contributed by atoms with Crippen LogP contribution in [0.25, 0.3) is 0 Å². The molecule has 31 heavy (non-hydrogen) atoms. The van der Waals surface area contributed by atoms with Gasteiger partial charge in [-0.25, -0.2) is 0 Å². The molecule has 0 bridgehead atoms. The fraction of sp³-hybridized carbons (Fsp3) is 0.231. The second-order valence-corrected chi connectivity index (χ2v) is 7.24. The van der Waals surface area contributed by atoms with Crippen LogP contribution in [0.2, 0.25) is 0 Å². The second kappa shape index (κ2) is 9.14. The number of methoxy groups -OCH3 is 2. The molecule has 3 aromatic rings. The average Bonchev–Trinajstić information content (AvgIpc) is 3.25. The molecular formula is C26H26O5. The van der Waals surface area contributed by atoms with E-state index in [1.165, 1.54) is 0 Å². The van der Waals surface area contributed by atoms with Gasteiger partial charge >= 0.3 is 0 Å². The highest BCUT2D eigenvalue weighted by Crippen LogP contribution is 2.45. The highest BCUT2D eigenvalue weighted by molar-refractivity contribution is 5.55. The van der Waals surface area contributed by atoms with Crippen LogP contribution in [-0.4, -0.2) is 32.5 Å². The molecule has 0 saturated carbocycles. The fourth-order valence-corrected chi connectivity index (χ4v) is 3.95. The number of rotatable bonds is 8. The van der Waals surface area contributed by atoms with Crippen molar-refractivity contribution >= 4 is 0 Å². The Morgan fingerprint density at radius 1 is 0.871 bits per heavy atom. The SMILES string of the molecule is COc1ccc(C(OCC2=C(O)CCO2)(c2ccccc2)c2ccccc2)c(OC)c1. The van der Waals surface area contributed by atoms with E-state index in [1.807, 2.05) is 78.9 Å². The molecule has 5 heteroatoms. The van der Waals surface area contributed by atoms with Gasteiger partial charge in [-0.3, -0.25) is 0 Å². The van der Waals surface area contributed by atoms with Gasteiger partial charge in [-0.1, -0.05) is 60.7 Å². The van der Waals surface area contributed by atoms with Gasteiger partial charge in [0, 0.05) is 18.1 Å². The van der Waals surface area contributed by atoms with Gasteiger partial charge in [-0.05, 0) is 23.3 Å². The second-order valence-electron chi connectivity index (χ2n) is 7.24. The third-order valence-electron chi connectivity index (χ3n) is 5.51. The first-order valence-electron chi connectivity index (χ1n) is 10.2. The Bertz CT molecular complexity index is 1000. The van der Waals surface area contributed by atoms with Gasteiger partial charge < -0.3 is 24.1 Å². The van der Waals surface area contributed by atoms with Crippen molar-refractivity contribution in [3.63, 3.8) is 0 Å². The van der Waals surface area contributed by atoms with E-state index in [-0.39, 0.29) is 12.4 Å². The van der Waals surface area contributed by atoms with Crippen LogP contribution < -0.4 is 9.47 Å².